The second-order valence-corrected chi connectivity index (χ2v) is 1.52. The molecule has 0 saturated carbocycles. The second kappa shape index (κ2) is 9.17. The van der Waals surface area contributed by atoms with E-state index in [9.17, 15) is 9.59 Å². The molecule has 0 unspecified atom stereocenters. The first-order chi connectivity index (χ1) is 5.54. The number of carboxylic acid groups (broad SMARTS) is 2. The molecule has 0 aliphatic rings. The molecular formula is C7H9NO4. The third-order valence-corrected chi connectivity index (χ3v) is 0.527. The van der Waals surface area contributed by atoms with Crippen LogP contribution in [0.4, 0.5) is 0 Å². The number of carboxylic acids is 2. The van der Waals surface area contributed by atoms with Gasteiger partial charge in [-0.25, -0.2) is 9.59 Å². The number of nitrogens with zero attached hydrogens (tertiary/aromatic N) is 1. The predicted octanol–water partition coefficient (Wildman–Crippen LogP) is 0.632. The molecule has 0 aliphatic heterocycles. The zero-order chi connectivity index (χ0) is 9.98. The Morgan fingerprint density at radius 1 is 1.33 bits per heavy atom. The van der Waals surface area contributed by atoms with E-state index in [4.69, 9.17) is 15.5 Å². The molecule has 0 amide bonds. The molecule has 2 N–H and O–H groups in total. The fraction of sp³-hybridized carbons (Fsp3) is 0.286. The Hall–Kier alpha value is -1.83. The molecule has 0 atom stereocenters. The minimum absolute atomic E-state index is 0.558. The topological polar surface area (TPSA) is 98.4 Å². The van der Waals surface area contributed by atoms with Gasteiger partial charge in [0.25, 0.3) is 0 Å². The largest absolute Gasteiger partial charge is 0.478 e. The smallest absolute Gasteiger partial charge is 0.328 e. The molecule has 0 saturated heterocycles. The van der Waals surface area contributed by atoms with E-state index in [-0.39, 0.29) is 0 Å². The molecule has 12 heavy (non-hydrogen) atoms. The Morgan fingerprint density at radius 3 is 1.67 bits per heavy atom. The lowest BCUT2D eigenvalue weighted by Crippen LogP contribution is -1.91. The minimum atomic E-state index is -1.26. The van der Waals surface area contributed by atoms with Crippen molar-refractivity contribution < 1.29 is 19.8 Å². The lowest BCUT2D eigenvalue weighted by Gasteiger charge is -1.74. The lowest BCUT2D eigenvalue weighted by molar-refractivity contribution is -0.134. The third kappa shape index (κ3) is 24.2. The number of carbonyl (C=O) groups is 2. The molecule has 0 bridgehead atoms. The summed E-state index contributed by atoms with van der Waals surface area (Å²) in [6.07, 6.45) is 1.74. The van der Waals surface area contributed by atoms with Gasteiger partial charge in [0.05, 0.1) is 6.07 Å². The van der Waals surface area contributed by atoms with Crippen LogP contribution in [0, 0.1) is 11.3 Å². The maximum Gasteiger partial charge on any atom is 0.328 e. The van der Waals surface area contributed by atoms with Crippen LogP contribution in [-0.2, 0) is 9.59 Å². The van der Waals surface area contributed by atoms with Gasteiger partial charge in [-0.2, -0.15) is 5.26 Å². The molecule has 5 nitrogen and oxygen atoms in total. The van der Waals surface area contributed by atoms with E-state index >= 15 is 0 Å². The van der Waals surface area contributed by atoms with Crippen molar-refractivity contribution >= 4 is 11.9 Å². The van der Waals surface area contributed by atoms with Crippen molar-refractivity contribution in [2.24, 2.45) is 0 Å². The Bertz CT molecular complexity index is 198. The van der Waals surface area contributed by atoms with Crippen molar-refractivity contribution in [3.05, 3.63) is 12.2 Å². The summed E-state index contributed by atoms with van der Waals surface area (Å²) in [5.74, 6) is -2.51. The van der Waals surface area contributed by atoms with Gasteiger partial charge in [-0.1, -0.05) is 6.92 Å². The van der Waals surface area contributed by atoms with Crippen molar-refractivity contribution in [1.29, 1.82) is 5.26 Å². The van der Waals surface area contributed by atoms with E-state index in [1.807, 2.05) is 13.0 Å². The molecule has 66 valence electrons. The van der Waals surface area contributed by atoms with Crippen LogP contribution < -0.4 is 0 Å². The molecule has 0 rings (SSSR count). The first kappa shape index (κ1) is 12.8. The summed E-state index contributed by atoms with van der Waals surface area (Å²) in [5, 5.41) is 23.2. The number of aliphatic carboxylic acids is 2. The molecule has 0 fully saturated rings. The number of hydrogen-bond acceptors (Lipinski definition) is 3. The molecule has 5 heteroatoms. The van der Waals surface area contributed by atoms with E-state index in [0.717, 1.165) is 0 Å². The van der Waals surface area contributed by atoms with E-state index < -0.39 is 11.9 Å². The van der Waals surface area contributed by atoms with E-state index in [1.54, 1.807) is 0 Å². The fourth-order valence-electron chi connectivity index (χ4n) is 0.143. The average Bonchev–Trinajstić information content (AvgIpc) is 2.01. The SMILES string of the molecule is CCC#N.O=C(O)/C=C\C(=O)O. The van der Waals surface area contributed by atoms with Gasteiger partial charge in [0.2, 0.25) is 0 Å². The molecule has 0 heterocycles. The highest BCUT2D eigenvalue weighted by Gasteiger charge is 1.88. The van der Waals surface area contributed by atoms with E-state index in [1.165, 1.54) is 0 Å². The molecule has 0 radical (unpaired) electrons. The summed E-state index contributed by atoms with van der Waals surface area (Å²) in [6.45, 7) is 1.82. The monoisotopic (exact) mass is 171 g/mol. The van der Waals surface area contributed by atoms with Crippen LogP contribution in [0.3, 0.4) is 0 Å². The highest BCUT2D eigenvalue weighted by atomic mass is 16.4. The highest BCUT2D eigenvalue weighted by molar-refractivity contribution is 5.89. The van der Waals surface area contributed by atoms with Crippen molar-refractivity contribution in [2.45, 2.75) is 13.3 Å². The number of nitriles is 1. The first-order valence-corrected chi connectivity index (χ1v) is 3.05. The van der Waals surface area contributed by atoms with Crippen molar-refractivity contribution in [3.63, 3.8) is 0 Å². The standard InChI is InChI=1S/C4H4O4.C3H5N/c5-3(6)1-2-4(7)8;1-2-3-4/h1-2H,(H,5,6)(H,7,8);2H2,1H3/b2-1-;. The zero-order valence-electron chi connectivity index (χ0n) is 6.52. The van der Waals surface area contributed by atoms with E-state index in [2.05, 4.69) is 0 Å². The quantitative estimate of drug-likeness (QED) is 0.593. The van der Waals surface area contributed by atoms with Crippen LogP contribution in [0.25, 0.3) is 0 Å². The fourth-order valence-corrected chi connectivity index (χ4v) is 0.143. The maximum atomic E-state index is 9.55. The van der Waals surface area contributed by atoms with Gasteiger partial charge in [-0.3, -0.25) is 0 Å². The highest BCUT2D eigenvalue weighted by Crippen LogP contribution is 1.70. The third-order valence-electron chi connectivity index (χ3n) is 0.527. The van der Waals surface area contributed by atoms with Gasteiger partial charge in [0.15, 0.2) is 0 Å². The Kier molecular flexibility index (Phi) is 9.79. The van der Waals surface area contributed by atoms with Crippen LogP contribution in [0.5, 0.6) is 0 Å². The Balaban J connectivity index is 0. The van der Waals surface area contributed by atoms with Crippen LogP contribution in [0.2, 0.25) is 0 Å². The van der Waals surface area contributed by atoms with Gasteiger partial charge in [0, 0.05) is 18.6 Å². The first-order valence-electron chi connectivity index (χ1n) is 3.05. The molecule has 0 spiro atoms. The summed E-state index contributed by atoms with van der Waals surface area (Å²) >= 11 is 0. The summed E-state index contributed by atoms with van der Waals surface area (Å²) in [6, 6.07) is 1.93. The van der Waals surface area contributed by atoms with Crippen LogP contribution in [0.15, 0.2) is 12.2 Å². The zero-order valence-corrected chi connectivity index (χ0v) is 6.52. The summed E-state index contributed by atoms with van der Waals surface area (Å²) in [4.78, 5) is 19.1. The van der Waals surface area contributed by atoms with Gasteiger partial charge in [0.1, 0.15) is 0 Å². The summed E-state index contributed by atoms with van der Waals surface area (Å²) < 4.78 is 0. The van der Waals surface area contributed by atoms with Crippen molar-refractivity contribution in [3.8, 4) is 6.07 Å². The second-order valence-electron chi connectivity index (χ2n) is 1.52. The van der Waals surface area contributed by atoms with Gasteiger partial charge in [-0.05, 0) is 0 Å². The summed E-state index contributed by atoms with van der Waals surface area (Å²) in [5.41, 5.74) is 0. The number of hydrogen-bond donors (Lipinski definition) is 2. The van der Waals surface area contributed by atoms with Crippen LogP contribution >= 0.6 is 0 Å². The molecule has 0 aromatic rings. The van der Waals surface area contributed by atoms with Crippen molar-refractivity contribution in [1.82, 2.24) is 0 Å². The van der Waals surface area contributed by atoms with Crippen LogP contribution in [0.1, 0.15) is 13.3 Å². The Labute approximate surface area is 69.5 Å². The minimum Gasteiger partial charge on any atom is -0.478 e. The van der Waals surface area contributed by atoms with Crippen LogP contribution in [-0.4, -0.2) is 22.2 Å². The molecular weight excluding hydrogens is 162 g/mol. The Morgan fingerprint density at radius 2 is 1.58 bits per heavy atom. The van der Waals surface area contributed by atoms with Gasteiger partial charge in [-0.15, -0.1) is 0 Å². The molecule has 0 aromatic carbocycles. The summed E-state index contributed by atoms with van der Waals surface area (Å²) in [7, 11) is 0. The van der Waals surface area contributed by atoms with Crippen molar-refractivity contribution in [2.75, 3.05) is 0 Å². The van der Waals surface area contributed by atoms with Gasteiger partial charge >= 0.3 is 11.9 Å². The predicted molar refractivity (Wildman–Crippen MR) is 40.3 cm³/mol. The van der Waals surface area contributed by atoms with Gasteiger partial charge < -0.3 is 10.2 Å². The van der Waals surface area contributed by atoms with E-state index in [0.29, 0.717) is 18.6 Å². The number of rotatable bonds is 2. The molecule has 0 aliphatic carbocycles. The maximum absolute atomic E-state index is 9.55. The lowest BCUT2D eigenvalue weighted by atomic mass is 10.5. The average molecular weight is 171 g/mol. The molecule has 0 aromatic heterocycles. The normalized spacial score (nSPS) is 8.00.